The monoisotopic (exact) mass is 464 g/mol. The third kappa shape index (κ3) is 6.45. The van der Waals surface area contributed by atoms with Crippen LogP contribution in [0.15, 0.2) is 53.4 Å². The van der Waals surface area contributed by atoms with Crippen LogP contribution in [0.2, 0.25) is 5.02 Å². The third-order valence-corrected chi connectivity index (χ3v) is 7.51. The van der Waals surface area contributed by atoms with E-state index in [4.69, 9.17) is 16.3 Å². The molecule has 0 radical (unpaired) electrons. The molecule has 0 aliphatic carbocycles. The second-order valence-corrected chi connectivity index (χ2v) is 10.0. The van der Waals surface area contributed by atoms with Crippen LogP contribution in [0.5, 0.6) is 5.75 Å². The van der Waals surface area contributed by atoms with Crippen LogP contribution in [0.25, 0.3) is 0 Å². The van der Waals surface area contributed by atoms with Gasteiger partial charge < -0.3 is 10.1 Å². The van der Waals surface area contributed by atoms with Crippen LogP contribution in [0.4, 0.5) is 0 Å². The molecule has 1 saturated heterocycles. The zero-order valence-corrected chi connectivity index (χ0v) is 19.3. The number of piperidine rings is 1. The van der Waals surface area contributed by atoms with E-state index in [0.29, 0.717) is 37.6 Å². The smallest absolute Gasteiger partial charge is 0.243 e. The number of aryl methyl sites for hydroxylation is 1. The first kappa shape index (κ1) is 23.6. The van der Waals surface area contributed by atoms with E-state index in [2.05, 4.69) is 5.32 Å². The molecule has 0 aromatic heterocycles. The lowest BCUT2D eigenvalue weighted by Gasteiger charge is -2.31. The first-order valence-corrected chi connectivity index (χ1v) is 12.5. The van der Waals surface area contributed by atoms with Gasteiger partial charge in [0.05, 0.1) is 17.4 Å². The molecular formula is C23H29ClN2O4S. The number of carbonyl (C=O) groups is 1. The van der Waals surface area contributed by atoms with Crippen molar-refractivity contribution in [3.8, 4) is 5.75 Å². The molecule has 0 spiro atoms. The Hall–Kier alpha value is -2.09. The van der Waals surface area contributed by atoms with Gasteiger partial charge in [-0.1, -0.05) is 23.7 Å². The van der Waals surface area contributed by atoms with Crippen LogP contribution < -0.4 is 10.1 Å². The zero-order chi connectivity index (χ0) is 22.3. The number of ether oxygens (including phenoxy) is 1. The molecule has 0 bridgehead atoms. The molecule has 6 nitrogen and oxygen atoms in total. The summed E-state index contributed by atoms with van der Waals surface area (Å²) in [5.74, 6) is 0.443. The van der Waals surface area contributed by atoms with E-state index < -0.39 is 10.0 Å². The van der Waals surface area contributed by atoms with Crippen molar-refractivity contribution < 1.29 is 17.9 Å². The molecule has 1 aliphatic heterocycles. The van der Waals surface area contributed by atoms with Gasteiger partial charge in [-0.05, 0) is 74.6 Å². The molecule has 3 rings (SSSR count). The van der Waals surface area contributed by atoms with Crippen LogP contribution >= 0.6 is 11.6 Å². The highest BCUT2D eigenvalue weighted by Crippen LogP contribution is 2.25. The number of carbonyl (C=O) groups excluding carboxylic acids is 1. The summed E-state index contributed by atoms with van der Waals surface area (Å²) in [4.78, 5) is 12.8. The second-order valence-electron chi connectivity index (χ2n) is 7.63. The van der Waals surface area contributed by atoms with Crippen molar-refractivity contribution >= 4 is 27.5 Å². The minimum Gasteiger partial charge on any atom is -0.494 e. The summed E-state index contributed by atoms with van der Waals surface area (Å²) in [6.07, 6.45) is 3.03. The van der Waals surface area contributed by atoms with E-state index in [1.165, 1.54) is 22.0 Å². The maximum Gasteiger partial charge on any atom is 0.243 e. The Labute approximate surface area is 189 Å². The van der Waals surface area contributed by atoms with Crippen molar-refractivity contribution in [1.29, 1.82) is 0 Å². The van der Waals surface area contributed by atoms with Crippen molar-refractivity contribution in [3.05, 3.63) is 59.1 Å². The Balaban J connectivity index is 1.47. The first-order chi connectivity index (χ1) is 14.9. The Kier molecular flexibility index (Phi) is 8.35. The predicted octanol–water partition coefficient (Wildman–Crippen LogP) is 3.89. The van der Waals surface area contributed by atoms with Crippen LogP contribution in [0.3, 0.4) is 0 Å². The predicted molar refractivity (Wildman–Crippen MR) is 122 cm³/mol. The highest BCUT2D eigenvalue weighted by molar-refractivity contribution is 7.89. The number of amides is 1. The number of nitrogens with one attached hydrogen (secondary N) is 1. The van der Waals surface area contributed by atoms with Gasteiger partial charge >= 0.3 is 0 Å². The lowest BCUT2D eigenvalue weighted by molar-refractivity contribution is -0.126. The fraction of sp³-hybridized carbons (Fsp3) is 0.435. The standard InChI is InChI=1S/C23H29ClN2O4S/c1-2-30-21-11-7-18(8-12-21)5-3-15-25-23(27)19-6-4-16-26(17-19)31(28,29)22-13-9-20(24)10-14-22/h7-14,19H,2-6,15-17H2,1H3,(H,25,27). The number of benzene rings is 2. The maximum atomic E-state index is 12.9. The topological polar surface area (TPSA) is 75.7 Å². The minimum absolute atomic E-state index is 0.0808. The molecular weight excluding hydrogens is 436 g/mol. The zero-order valence-electron chi connectivity index (χ0n) is 17.7. The molecule has 1 aliphatic rings. The maximum absolute atomic E-state index is 12.9. The van der Waals surface area contributed by atoms with Crippen LogP contribution in [0, 0.1) is 5.92 Å². The molecule has 1 amide bonds. The largest absolute Gasteiger partial charge is 0.494 e. The average Bonchev–Trinajstić information content (AvgIpc) is 2.78. The SMILES string of the molecule is CCOc1ccc(CCCNC(=O)C2CCCN(S(=O)(=O)c3ccc(Cl)cc3)C2)cc1. The summed E-state index contributed by atoms with van der Waals surface area (Å²) >= 11 is 5.86. The number of rotatable bonds is 9. The second kappa shape index (κ2) is 11.0. The van der Waals surface area contributed by atoms with Crippen molar-refractivity contribution in [3.63, 3.8) is 0 Å². The Morgan fingerprint density at radius 1 is 1.16 bits per heavy atom. The van der Waals surface area contributed by atoms with Gasteiger partial charge in [0.1, 0.15) is 5.75 Å². The summed E-state index contributed by atoms with van der Waals surface area (Å²) in [5.41, 5.74) is 1.19. The fourth-order valence-corrected chi connectivity index (χ4v) is 5.35. The molecule has 168 valence electrons. The number of hydrogen-bond donors (Lipinski definition) is 1. The van der Waals surface area contributed by atoms with Gasteiger partial charge in [-0.15, -0.1) is 0 Å². The molecule has 31 heavy (non-hydrogen) atoms. The first-order valence-electron chi connectivity index (χ1n) is 10.7. The molecule has 2 aromatic carbocycles. The summed E-state index contributed by atoms with van der Waals surface area (Å²) < 4.78 is 32.6. The summed E-state index contributed by atoms with van der Waals surface area (Å²) in [5, 5.41) is 3.46. The molecule has 1 N–H and O–H groups in total. The summed E-state index contributed by atoms with van der Waals surface area (Å²) in [7, 11) is -3.63. The van der Waals surface area contributed by atoms with Gasteiger partial charge in [0.2, 0.25) is 15.9 Å². The van der Waals surface area contributed by atoms with E-state index in [0.717, 1.165) is 18.6 Å². The van der Waals surface area contributed by atoms with E-state index >= 15 is 0 Å². The van der Waals surface area contributed by atoms with Crippen molar-refractivity contribution in [2.75, 3.05) is 26.2 Å². The Morgan fingerprint density at radius 2 is 1.87 bits per heavy atom. The van der Waals surface area contributed by atoms with Crippen LogP contribution in [-0.4, -0.2) is 44.9 Å². The van der Waals surface area contributed by atoms with E-state index in [1.54, 1.807) is 12.1 Å². The molecule has 8 heteroatoms. The van der Waals surface area contributed by atoms with E-state index in [9.17, 15) is 13.2 Å². The lowest BCUT2D eigenvalue weighted by Crippen LogP contribution is -2.45. The highest BCUT2D eigenvalue weighted by Gasteiger charge is 2.33. The van der Waals surface area contributed by atoms with Gasteiger partial charge in [0.15, 0.2) is 0 Å². The van der Waals surface area contributed by atoms with Crippen molar-refractivity contribution in [1.82, 2.24) is 9.62 Å². The molecule has 1 unspecified atom stereocenters. The van der Waals surface area contributed by atoms with Gasteiger partial charge in [-0.25, -0.2) is 8.42 Å². The van der Waals surface area contributed by atoms with Gasteiger partial charge in [-0.2, -0.15) is 4.31 Å². The molecule has 0 saturated carbocycles. The van der Waals surface area contributed by atoms with Crippen molar-refractivity contribution in [2.45, 2.75) is 37.5 Å². The van der Waals surface area contributed by atoms with Crippen LogP contribution in [0.1, 0.15) is 31.7 Å². The quantitative estimate of drug-likeness (QED) is 0.571. The highest BCUT2D eigenvalue weighted by atomic mass is 35.5. The van der Waals surface area contributed by atoms with Gasteiger partial charge in [0, 0.05) is 24.7 Å². The number of hydrogen-bond acceptors (Lipinski definition) is 4. The molecule has 1 atom stereocenters. The molecule has 1 fully saturated rings. The summed E-state index contributed by atoms with van der Waals surface area (Å²) in [6.45, 7) is 3.79. The van der Waals surface area contributed by atoms with Gasteiger partial charge in [0.25, 0.3) is 0 Å². The van der Waals surface area contributed by atoms with Crippen molar-refractivity contribution in [2.24, 2.45) is 5.92 Å². The normalized spacial score (nSPS) is 17.3. The third-order valence-electron chi connectivity index (χ3n) is 5.38. The van der Waals surface area contributed by atoms with E-state index in [-0.39, 0.29) is 23.3 Å². The minimum atomic E-state index is -3.63. The number of sulfonamides is 1. The Morgan fingerprint density at radius 3 is 2.55 bits per heavy atom. The van der Waals surface area contributed by atoms with E-state index in [1.807, 2.05) is 31.2 Å². The van der Waals surface area contributed by atoms with Crippen LogP contribution in [-0.2, 0) is 21.2 Å². The molecule has 2 aromatic rings. The van der Waals surface area contributed by atoms with Gasteiger partial charge in [-0.3, -0.25) is 4.79 Å². The number of nitrogens with zero attached hydrogens (tertiary/aromatic N) is 1. The lowest BCUT2D eigenvalue weighted by atomic mass is 9.99. The number of halogens is 1. The molecule has 1 heterocycles. The summed E-state index contributed by atoms with van der Waals surface area (Å²) in [6, 6.07) is 14.1. The fourth-order valence-electron chi connectivity index (χ4n) is 3.70. The Bertz CT molecular complexity index is 962. The average molecular weight is 465 g/mol.